The Labute approximate surface area is 115 Å². The van der Waals surface area contributed by atoms with E-state index in [0.717, 1.165) is 0 Å². The highest BCUT2D eigenvalue weighted by atomic mass is 19.1. The number of primary amides is 1. The zero-order valence-electron chi connectivity index (χ0n) is 10.8. The van der Waals surface area contributed by atoms with Crippen molar-refractivity contribution in [2.24, 2.45) is 5.73 Å². The van der Waals surface area contributed by atoms with E-state index in [1.165, 1.54) is 31.2 Å². The number of amides is 1. The summed E-state index contributed by atoms with van der Waals surface area (Å²) < 4.78 is 19.3. The second-order valence-corrected chi connectivity index (χ2v) is 4.33. The van der Waals surface area contributed by atoms with E-state index in [2.05, 4.69) is 0 Å². The molecule has 0 heterocycles. The minimum Gasteiger partial charge on any atom is -0.453 e. The van der Waals surface area contributed by atoms with Crippen LogP contribution < -0.4 is 10.5 Å². The van der Waals surface area contributed by atoms with Crippen LogP contribution in [0.2, 0.25) is 0 Å². The van der Waals surface area contributed by atoms with E-state index in [1.54, 1.807) is 18.2 Å². The maximum Gasteiger partial charge on any atom is 0.252 e. The van der Waals surface area contributed by atoms with E-state index in [4.69, 9.17) is 10.5 Å². The molecule has 0 bridgehead atoms. The maximum absolute atomic E-state index is 13.9. The predicted molar refractivity (Wildman–Crippen MR) is 72.1 cm³/mol. The zero-order chi connectivity index (χ0) is 14.7. The predicted octanol–water partition coefficient (Wildman–Crippen LogP) is 2.77. The van der Waals surface area contributed by atoms with E-state index >= 15 is 0 Å². The Kier molecular flexibility index (Phi) is 4.00. The monoisotopic (exact) mass is 275 g/mol. The molecule has 0 spiro atoms. The third kappa shape index (κ3) is 2.95. The number of para-hydroxylation sites is 1. The molecule has 5 heteroatoms. The van der Waals surface area contributed by atoms with Crippen LogP contribution in [-0.4, -0.2) is 11.0 Å². The molecular weight excluding hydrogens is 261 g/mol. The van der Waals surface area contributed by atoms with Crippen molar-refractivity contribution < 1.29 is 19.0 Å². The lowest BCUT2D eigenvalue weighted by Gasteiger charge is -2.11. The van der Waals surface area contributed by atoms with Gasteiger partial charge in [-0.05, 0) is 36.8 Å². The van der Waals surface area contributed by atoms with Crippen molar-refractivity contribution in [3.8, 4) is 11.5 Å². The summed E-state index contributed by atoms with van der Waals surface area (Å²) >= 11 is 0. The first-order valence-corrected chi connectivity index (χ1v) is 6.03. The van der Waals surface area contributed by atoms with Crippen LogP contribution in [0.5, 0.6) is 11.5 Å². The number of nitrogens with two attached hydrogens (primary N) is 1. The van der Waals surface area contributed by atoms with Crippen molar-refractivity contribution in [2.75, 3.05) is 0 Å². The van der Waals surface area contributed by atoms with Gasteiger partial charge in [-0.1, -0.05) is 18.2 Å². The van der Waals surface area contributed by atoms with Crippen molar-refractivity contribution in [1.82, 2.24) is 0 Å². The number of aliphatic hydroxyl groups excluding tert-OH is 1. The highest BCUT2D eigenvalue weighted by Gasteiger charge is 2.13. The standard InChI is InChI=1S/C15H14FNO3/c1-9(18)10-6-7-14(12(16)8-10)20-13-5-3-2-4-11(13)15(17)19/h2-9,18H,1H3,(H2,17,19)/t9-/m0/s1. The third-order valence-corrected chi connectivity index (χ3v) is 2.81. The van der Waals surface area contributed by atoms with E-state index in [1.807, 2.05) is 0 Å². The van der Waals surface area contributed by atoms with Crippen molar-refractivity contribution in [3.05, 3.63) is 59.4 Å². The van der Waals surface area contributed by atoms with Gasteiger partial charge in [0.05, 0.1) is 11.7 Å². The van der Waals surface area contributed by atoms with Gasteiger partial charge in [0.2, 0.25) is 0 Å². The molecule has 0 aliphatic carbocycles. The van der Waals surface area contributed by atoms with Crippen molar-refractivity contribution >= 4 is 5.91 Å². The number of halogens is 1. The van der Waals surface area contributed by atoms with Crippen LogP contribution in [0, 0.1) is 5.82 Å². The fraction of sp³-hybridized carbons (Fsp3) is 0.133. The van der Waals surface area contributed by atoms with Crippen LogP contribution in [0.25, 0.3) is 0 Å². The van der Waals surface area contributed by atoms with Crippen molar-refractivity contribution in [3.63, 3.8) is 0 Å². The normalized spacial score (nSPS) is 11.9. The van der Waals surface area contributed by atoms with Gasteiger partial charge in [-0.2, -0.15) is 0 Å². The van der Waals surface area contributed by atoms with Crippen LogP contribution >= 0.6 is 0 Å². The largest absolute Gasteiger partial charge is 0.453 e. The van der Waals surface area contributed by atoms with Gasteiger partial charge in [-0.3, -0.25) is 4.79 Å². The molecule has 104 valence electrons. The number of benzene rings is 2. The van der Waals surface area contributed by atoms with Crippen LogP contribution in [0.15, 0.2) is 42.5 Å². The van der Waals surface area contributed by atoms with Crippen molar-refractivity contribution in [1.29, 1.82) is 0 Å². The first kappa shape index (κ1) is 14.0. The fourth-order valence-electron chi connectivity index (χ4n) is 1.74. The Morgan fingerprint density at radius 2 is 1.95 bits per heavy atom. The number of hydrogen-bond donors (Lipinski definition) is 2. The Hall–Kier alpha value is -2.40. The highest BCUT2D eigenvalue weighted by Crippen LogP contribution is 2.29. The Morgan fingerprint density at radius 1 is 1.25 bits per heavy atom. The quantitative estimate of drug-likeness (QED) is 0.901. The minimum absolute atomic E-state index is 0.0388. The van der Waals surface area contributed by atoms with Crippen LogP contribution in [-0.2, 0) is 0 Å². The first-order chi connectivity index (χ1) is 9.49. The molecule has 20 heavy (non-hydrogen) atoms. The van der Waals surface area contributed by atoms with Gasteiger partial charge in [0.1, 0.15) is 5.75 Å². The van der Waals surface area contributed by atoms with Gasteiger partial charge in [-0.25, -0.2) is 4.39 Å². The molecule has 1 atom stereocenters. The average Bonchev–Trinajstić information content (AvgIpc) is 2.41. The summed E-state index contributed by atoms with van der Waals surface area (Å²) in [4.78, 5) is 11.3. The smallest absolute Gasteiger partial charge is 0.252 e. The van der Waals surface area contributed by atoms with Gasteiger partial charge < -0.3 is 15.6 Å². The van der Waals surface area contributed by atoms with Crippen molar-refractivity contribution in [2.45, 2.75) is 13.0 Å². The third-order valence-electron chi connectivity index (χ3n) is 2.81. The molecule has 2 aromatic rings. The SMILES string of the molecule is C[C@H](O)c1ccc(Oc2ccccc2C(N)=O)c(F)c1. The molecule has 0 radical (unpaired) electrons. The number of ether oxygens (including phenoxy) is 1. The lowest BCUT2D eigenvalue weighted by Crippen LogP contribution is -2.12. The number of carbonyl (C=O) groups is 1. The summed E-state index contributed by atoms with van der Waals surface area (Å²) in [6.07, 6.45) is -0.767. The number of rotatable bonds is 4. The summed E-state index contributed by atoms with van der Waals surface area (Å²) in [7, 11) is 0. The zero-order valence-corrected chi connectivity index (χ0v) is 10.8. The highest BCUT2D eigenvalue weighted by molar-refractivity contribution is 5.95. The number of carbonyl (C=O) groups excluding carboxylic acids is 1. The molecular formula is C15H14FNO3. The topological polar surface area (TPSA) is 72.6 Å². The second-order valence-electron chi connectivity index (χ2n) is 4.33. The molecule has 4 nitrogen and oxygen atoms in total. The molecule has 2 rings (SSSR count). The molecule has 1 amide bonds. The van der Waals surface area contributed by atoms with E-state index in [9.17, 15) is 14.3 Å². The lowest BCUT2D eigenvalue weighted by atomic mass is 10.1. The molecule has 3 N–H and O–H groups in total. The Morgan fingerprint density at radius 3 is 2.55 bits per heavy atom. The van der Waals surface area contributed by atoms with Gasteiger partial charge in [0.25, 0.3) is 5.91 Å². The number of hydrogen-bond acceptors (Lipinski definition) is 3. The molecule has 0 aromatic heterocycles. The van der Waals surface area contributed by atoms with E-state index < -0.39 is 17.8 Å². The molecule has 0 saturated heterocycles. The first-order valence-electron chi connectivity index (χ1n) is 6.03. The lowest BCUT2D eigenvalue weighted by molar-refractivity contribution is 0.0998. The van der Waals surface area contributed by atoms with Gasteiger partial charge in [0, 0.05) is 0 Å². The minimum atomic E-state index is -0.767. The summed E-state index contributed by atoms with van der Waals surface area (Å²) in [5.74, 6) is -1.13. The maximum atomic E-state index is 13.9. The summed E-state index contributed by atoms with van der Waals surface area (Å²) in [6.45, 7) is 1.54. The molecule has 0 aliphatic heterocycles. The van der Waals surface area contributed by atoms with Gasteiger partial charge in [-0.15, -0.1) is 0 Å². The Bertz CT molecular complexity index is 641. The molecule has 0 unspecified atom stereocenters. The molecule has 0 fully saturated rings. The van der Waals surface area contributed by atoms with E-state index in [-0.39, 0.29) is 17.1 Å². The fourth-order valence-corrected chi connectivity index (χ4v) is 1.74. The van der Waals surface area contributed by atoms with Crippen LogP contribution in [0.4, 0.5) is 4.39 Å². The Balaban J connectivity index is 2.33. The second kappa shape index (κ2) is 5.71. The average molecular weight is 275 g/mol. The van der Waals surface area contributed by atoms with Gasteiger partial charge in [0.15, 0.2) is 11.6 Å². The molecule has 2 aromatic carbocycles. The summed E-state index contributed by atoms with van der Waals surface area (Å²) in [6, 6.07) is 10.5. The van der Waals surface area contributed by atoms with Crippen LogP contribution in [0.1, 0.15) is 28.9 Å². The van der Waals surface area contributed by atoms with Crippen LogP contribution in [0.3, 0.4) is 0 Å². The number of aliphatic hydroxyl groups is 1. The summed E-state index contributed by atoms with van der Waals surface area (Å²) in [5.41, 5.74) is 5.84. The molecule has 0 aliphatic rings. The van der Waals surface area contributed by atoms with E-state index in [0.29, 0.717) is 5.56 Å². The van der Waals surface area contributed by atoms with Gasteiger partial charge >= 0.3 is 0 Å². The summed E-state index contributed by atoms with van der Waals surface area (Å²) in [5, 5.41) is 9.38. The molecule has 0 saturated carbocycles.